The second kappa shape index (κ2) is 8.27. The van der Waals surface area contributed by atoms with E-state index in [4.69, 9.17) is 15.8 Å². The molecule has 1 heterocycles. The van der Waals surface area contributed by atoms with Gasteiger partial charge in [0.05, 0.1) is 12.1 Å². The van der Waals surface area contributed by atoms with E-state index in [1.54, 1.807) is 31.2 Å². The Kier molecular flexibility index (Phi) is 6.10. The molecule has 2 rings (SSSR count). The van der Waals surface area contributed by atoms with Crippen molar-refractivity contribution in [3.63, 3.8) is 0 Å². The maximum absolute atomic E-state index is 11.9. The van der Waals surface area contributed by atoms with Crippen LogP contribution < -0.4 is 11.1 Å². The van der Waals surface area contributed by atoms with Gasteiger partial charge < -0.3 is 21.1 Å². The number of nitrogens with one attached hydrogen (secondary N) is 1. The molecule has 0 radical (unpaired) electrons. The highest BCUT2D eigenvalue weighted by molar-refractivity contribution is 6.03. The van der Waals surface area contributed by atoms with Gasteiger partial charge in [-0.15, -0.1) is 0 Å². The third kappa shape index (κ3) is 5.03. The molecule has 8 heteroatoms. The van der Waals surface area contributed by atoms with E-state index in [0.717, 1.165) is 11.3 Å². The molecule has 8 nitrogen and oxygen atoms in total. The molecule has 2 atom stereocenters. The number of ketones is 1. The lowest BCUT2D eigenvalue weighted by molar-refractivity contribution is -0.124. The standard InChI is InChI=1S/C17H22N4O4/c1-10(11(2)22)9-19-16(23)8-14-7-15(21-25-14)12-3-5-13(6-4-12)17(18)20-24/h3-6,10,14,24H,7-9H2,1-2H3,(H2,18,20)(H,19,23). The first-order valence-corrected chi connectivity index (χ1v) is 7.99. The van der Waals surface area contributed by atoms with E-state index in [0.29, 0.717) is 18.5 Å². The molecule has 4 N–H and O–H groups in total. The lowest BCUT2D eigenvalue weighted by atomic mass is 10.0. The van der Waals surface area contributed by atoms with Crippen molar-refractivity contribution in [1.29, 1.82) is 0 Å². The average molecular weight is 346 g/mol. The fraction of sp³-hybridized carbons (Fsp3) is 0.412. The first kappa shape index (κ1) is 18.4. The van der Waals surface area contributed by atoms with Gasteiger partial charge in [-0.25, -0.2) is 0 Å². The summed E-state index contributed by atoms with van der Waals surface area (Å²) in [6.07, 6.45) is 0.365. The predicted octanol–water partition coefficient (Wildman–Crippen LogP) is 1.01. The molecule has 25 heavy (non-hydrogen) atoms. The average Bonchev–Trinajstić information content (AvgIpc) is 3.07. The van der Waals surface area contributed by atoms with E-state index in [2.05, 4.69) is 15.6 Å². The number of rotatable bonds is 7. The minimum Gasteiger partial charge on any atom is -0.409 e. The molecule has 1 amide bonds. The molecule has 0 fully saturated rings. The maximum Gasteiger partial charge on any atom is 0.223 e. The van der Waals surface area contributed by atoms with Crippen LogP contribution in [0, 0.1) is 5.92 Å². The lowest BCUT2D eigenvalue weighted by Gasteiger charge is -2.11. The second-order valence-corrected chi connectivity index (χ2v) is 6.05. The number of amides is 1. The molecule has 0 aromatic heterocycles. The monoisotopic (exact) mass is 346 g/mol. The summed E-state index contributed by atoms with van der Waals surface area (Å²) in [5, 5.41) is 18.4. The zero-order valence-electron chi connectivity index (χ0n) is 14.2. The van der Waals surface area contributed by atoms with Crippen LogP contribution in [0.15, 0.2) is 34.6 Å². The van der Waals surface area contributed by atoms with Crippen LogP contribution >= 0.6 is 0 Å². The molecule has 0 bridgehead atoms. The Morgan fingerprint density at radius 2 is 2.12 bits per heavy atom. The van der Waals surface area contributed by atoms with Crippen LogP contribution in [0.5, 0.6) is 0 Å². The first-order valence-electron chi connectivity index (χ1n) is 7.99. The van der Waals surface area contributed by atoms with Crippen molar-refractivity contribution < 1.29 is 19.6 Å². The van der Waals surface area contributed by atoms with Crippen LogP contribution in [-0.4, -0.2) is 41.1 Å². The zero-order valence-corrected chi connectivity index (χ0v) is 14.2. The Balaban J connectivity index is 1.84. The number of benzene rings is 1. The minimum absolute atomic E-state index is 0.0329. The molecular formula is C17H22N4O4. The summed E-state index contributed by atoms with van der Waals surface area (Å²) in [6.45, 7) is 3.60. The van der Waals surface area contributed by atoms with Gasteiger partial charge >= 0.3 is 0 Å². The minimum atomic E-state index is -0.327. The Hall–Kier alpha value is -2.90. The van der Waals surface area contributed by atoms with Crippen LogP contribution in [0.2, 0.25) is 0 Å². The number of hydrogen-bond acceptors (Lipinski definition) is 6. The molecule has 1 aliphatic rings. The summed E-state index contributed by atoms with van der Waals surface area (Å²) in [4.78, 5) is 28.4. The summed E-state index contributed by atoms with van der Waals surface area (Å²) < 4.78 is 0. The van der Waals surface area contributed by atoms with Gasteiger partial charge in [0.25, 0.3) is 0 Å². The number of nitrogens with zero attached hydrogens (tertiary/aromatic N) is 2. The van der Waals surface area contributed by atoms with Gasteiger partial charge in [-0.1, -0.05) is 41.5 Å². The SMILES string of the molecule is CC(=O)C(C)CNC(=O)CC1CC(c2ccc(/C(N)=N\O)cc2)=NO1. The Morgan fingerprint density at radius 1 is 1.44 bits per heavy atom. The van der Waals surface area contributed by atoms with Crippen LogP contribution in [0.25, 0.3) is 0 Å². The van der Waals surface area contributed by atoms with Crippen molar-refractivity contribution in [2.24, 2.45) is 22.0 Å². The normalized spacial score (nSPS) is 18.2. The summed E-state index contributed by atoms with van der Waals surface area (Å²) in [5.41, 5.74) is 7.71. The van der Waals surface area contributed by atoms with E-state index < -0.39 is 0 Å². The van der Waals surface area contributed by atoms with Crippen molar-refractivity contribution in [3.8, 4) is 0 Å². The van der Waals surface area contributed by atoms with Gasteiger partial charge in [-0.3, -0.25) is 9.59 Å². The fourth-order valence-electron chi connectivity index (χ4n) is 2.29. The number of carbonyl (C=O) groups excluding carboxylic acids is 2. The Bertz CT molecular complexity index is 697. The van der Waals surface area contributed by atoms with Gasteiger partial charge in [0, 0.05) is 24.4 Å². The maximum atomic E-state index is 11.9. The van der Waals surface area contributed by atoms with Crippen molar-refractivity contribution in [2.75, 3.05) is 6.54 Å². The van der Waals surface area contributed by atoms with E-state index >= 15 is 0 Å². The summed E-state index contributed by atoms with van der Waals surface area (Å²) in [5.74, 6) is -0.297. The predicted molar refractivity (Wildman–Crippen MR) is 92.5 cm³/mol. The van der Waals surface area contributed by atoms with Crippen molar-refractivity contribution in [2.45, 2.75) is 32.8 Å². The van der Waals surface area contributed by atoms with E-state index in [1.807, 2.05) is 0 Å². The van der Waals surface area contributed by atoms with Crippen LogP contribution in [0.4, 0.5) is 0 Å². The zero-order chi connectivity index (χ0) is 18.4. The molecule has 0 aliphatic carbocycles. The second-order valence-electron chi connectivity index (χ2n) is 6.05. The van der Waals surface area contributed by atoms with Crippen molar-refractivity contribution >= 4 is 23.2 Å². The lowest BCUT2D eigenvalue weighted by Crippen LogP contribution is -2.33. The molecule has 1 aromatic rings. The van der Waals surface area contributed by atoms with Gasteiger partial charge in [0.1, 0.15) is 11.9 Å². The Morgan fingerprint density at radius 3 is 2.72 bits per heavy atom. The molecule has 0 saturated carbocycles. The largest absolute Gasteiger partial charge is 0.409 e. The van der Waals surface area contributed by atoms with Gasteiger partial charge in [0.2, 0.25) is 5.91 Å². The Labute approximate surface area is 145 Å². The molecule has 134 valence electrons. The summed E-state index contributed by atoms with van der Waals surface area (Å²) in [6, 6.07) is 7.03. The highest BCUT2D eigenvalue weighted by Gasteiger charge is 2.25. The van der Waals surface area contributed by atoms with Gasteiger partial charge in [-0.05, 0) is 12.5 Å². The molecule has 0 saturated heterocycles. The van der Waals surface area contributed by atoms with Gasteiger partial charge in [0.15, 0.2) is 5.84 Å². The quantitative estimate of drug-likeness (QED) is 0.294. The van der Waals surface area contributed by atoms with Crippen molar-refractivity contribution in [3.05, 3.63) is 35.4 Å². The summed E-state index contributed by atoms with van der Waals surface area (Å²) in [7, 11) is 0. The molecule has 1 aliphatic heterocycles. The number of carbonyl (C=O) groups is 2. The van der Waals surface area contributed by atoms with E-state index in [-0.39, 0.29) is 36.0 Å². The van der Waals surface area contributed by atoms with Crippen LogP contribution in [0.1, 0.15) is 37.8 Å². The number of hydrogen-bond donors (Lipinski definition) is 3. The fourth-order valence-corrected chi connectivity index (χ4v) is 2.29. The third-order valence-corrected chi connectivity index (χ3v) is 4.07. The first-order chi connectivity index (χ1) is 11.9. The summed E-state index contributed by atoms with van der Waals surface area (Å²) >= 11 is 0. The highest BCUT2D eigenvalue weighted by Crippen LogP contribution is 2.19. The smallest absolute Gasteiger partial charge is 0.223 e. The van der Waals surface area contributed by atoms with E-state index in [1.165, 1.54) is 6.92 Å². The third-order valence-electron chi connectivity index (χ3n) is 4.07. The number of oxime groups is 2. The van der Waals surface area contributed by atoms with E-state index in [9.17, 15) is 9.59 Å². The number of amidine groups is 1. The van der Waals surface area contributed by atoms with Crippen LogP contribution in [-0.2, 0) is 14.4 Å². The number of nitrogens with two attached hydrogens (primary N) is 1. The molecule has 0 spiro atoms. The van der Waals surface area contributed by atoms with Crippen LogP contribution in [0.3, 0.4) is 0 Å². The highest BCUT2D eigenvalue weighted by atomic mass is 16.6. The molecule has 1 aromatic carbocycles. The van der Waals surface area contributed by atoms with Crippen molar-refractivity contribution in [1.82, 2.24) is 5.32 Å². The molecular weight excluding hydrogens is 324 g/mol. The van der Waals surface area contributed by atoms with Gasteiger partial charge in [-0.2, -0.15) is 0 Å². The number of Topliss-reactive ketones (excluding diaryl/α,β-unsaturated/α-hetero) is 1. The topological polar surface area (TPSA) is 126 Å². The molecule has 2 unspecified atom stereocenters.